The van der Waals surface area contributed by atoms with Gasteiger partial charge < -0.3 is 10.6 Å². The first-order chi connectivity index (χ1) is 15.0. The van der Waals surface area contributed by atoms with Gasteiger partial charge in [0, 0.05) is 40.0 Å². The molecule has 0 fully saturated rings. The van der Waals surface area contributed by atoms with Gasteiger partial charge >= 0.3 is 0 Å². The number of non-ortho nitro benzene ring substituents is 1. The summed E-state index contributed by atoms with van der Waals surface area (Å²) in [5, 5.41) is 18.3. The quantitative estimate of drug-likeness (QED) is 0.346. The summed E-state index contributed by atoms with van der Waals surface area (Å²) in [6.07, 6.45) is 0. The van der Waals surface area contributed by atoms with Crippen LogP contribution in [0.3, 0.4) is 0 Å². The van der Waals surface area contributed by atoms with Crippen LogP contribution in [0.4, 0.5) is 17.1 Å². The number of rotatable bonds is 5. The van der Waals surface area contributed by atoms with Crippen LogP contribution < -0.4 is 10.6 Å². The van der Waals surface area contributed by atoms with Crippen molar-refractivity contribution in [1.82, 2.24) is 0 Å². The zero-order chi connectivity index (χ0) is 21.8. The third-order valence-corrected chi connectivity index (χ3v) is 4.78. The van der Waals surface area contributed by atoms with E-state index < -0.39 is 10.8 Å². The van der Waals surface area contributed by atoms with Crippen LogP contribution in [0.5, 0.6) is 0 Å². The van der Waals surface area contributed by atoms with Crippen molar-refractivity contribution in [2.24, 2.45) is 0 Å². The summed E-state index contributed by atoms with van der Waals surface area (Å²) >= 11 is 0. The fourth-order valence-electron chi connectivity index (χ4n) is 3.17. The average molecular weight is 411 g/mol. The highest BCUT2D eigenvalue weighted by Crippen LogP contribution is 2.24. The monoisotopic (exact) mass is 411 g/mol. The van der Waals surface area contributed by atoms with Gasteiger partial charge in [-0.2, -0.15) is 0 Å². The molecule has 4 aromatic rings. The fraction of sp³-hybridized carbons (Fsp3) is 0. The lowest BCUT2D eigenvalue weighted by molar-refractivity contribution is -0.384. The first-order valence-corrected chi connectivity index (χ1v) is 9.46. The normalized spacial score (nSPS) is 10.5. The van der Waals surface area contributed by atoms with Gasteiger partial charge in [0.2, 0.25) is 0 Å². The molecule has 0 spiro atoms. The molecular weight excluding hydrogens is 394 g/mol. The second-order valence-corrected chi connectivity index (χ2v) is 6.82. The lowest BCUT2D eigenvalue weighted by Crippen LogP contribution is -2.14. The molecule has 0 heterocycles. The lowest BCUT2D eigenvalue weighted by atomic mass is 10.1. The Balaban J connectivity index is 1.44. The van der Waals surface area contributed by atoms with Gasteiger partial charge in [-0.15, -0.1) is 0 Å². The molecule has 4 aromatic carbocycles. The van der Waals surface area contributed by atoms with E-state index in [0.29, 0.717) is 16.8 Å². The molecule has 7 nitrogen and oxygen atoms in total. The van der Waals surface area contributed by atoms with Crippen molar-refractivity contribution in [3.8, 4) is 0 Å². The van der Waals surface area contributed by atoms with Crippen LogP contribution in [0.1, 0.15) is 20.7 Å². The summed E-state index contributed by atoms with van der Waals surface area (Å²) in [5.41, 5.74) is 1.88. The van der Waals surface area contributed by atoms with Crippen LogP contribution in [0.2, 0.25) is 0 Å². The second kappa shape index (κ2) is 8.46. The SMILES string of the molecule is O=C(Nc1ccc(C(=O)Nc2cccc3ccccc23)cc1)c1ccc([N+](=O)[O-])cc1. The molecule has 0 unspecified atom stereocenters. The molecule has 31 heavy (non-hydrogen) atoms. The van der Waals surface area contributed by atoms with Crippen LogP contribution in [-0.2, 0) is 0 Å². The Morgan fingerprint density at radius 3 is 1.94 bits per heavy atom. The van der Waals surface area contributed by atoms with Gasteiger partial charge in [-0.3, -0.25) is 19.7 Å². The molecule has 2 N–H and O–H groups in total. The van der Waals surface area contributed by atoms with Crippen LogP contribution in [0.15, 0.2) is 91.0 Å². The topological polar surface area (TPSA) is 101 Å². The van der Waals surface area contributed by atoms with Crippen molar-refractivity contribution in [3.05, 3.63) is 112 Å². The lowest BCUT2D eigenvalue weighted by Gasteiger charge is -2.10. The number of carbonyl (C=O) groups is 2. The van der Waals surface area contributed by atoms with Gasteiger partial charge in [0.05, 0.1) is 4.92 Å². The Kier molecular flexibility index (Phi) is 5.40. The Morgan fingerprint density at radius 2 is 1.26 bits per heavy atom. The number of benzene rings is 4. The van der Waals surface area contributed by atoms with E-state index in [2.05, 4.69) is 10.6 Å². The molecule has 0 aliphatic carbocycles. The number of nitrogens with zero attached hydrogens (tertiary/aromatic N) is 1. The third kappa shape index (κ3) is 4.40. The van der Waals surface area contributed by atoms with Gasteiger partial charge in [0.25, 0.3) is 17.5 Å². The summed E-state index contributed by atoms with van der Waals surface area (Å²) in [7, 11) is 0. The van der Waals surface area contributed by atoms with Gasteiger partial charge in [0.1, 0.15) is 0 Å². The van der Waals surface area contributed by atoms with Gasteiger partial charge in [-0.1, -0.05) is 36.4 Å². The van der Waals surface area contributed by atoms with E-state index in [0.717, 1.165) is 16.5 Å². The first kappa shape index (κ1) is 19.8. The first-order valence-electron chi connectivity index (χ1n) is 9.46. The van der Waals surface area contributed by atoms with Gasteiger partial charge in [-0.25, -0.2) is 0 Å². The Labute approximate surface area is 177 Å². The highest BCUT2D eigenvalue weighted by molar-refractivity contribution is 6.09. The maximum Gasteiger partial charge on any atom is 0.269 e. The molecule has 4 rings (SSSR count). The average Bonchev–Trinajstić information content (AvgIpc) is 2.80. The van der Waals surface area contributed by atoms with Crippen LogP contribution >= 0.6 is 0 Å². The summed E-state index contributed by atoms with van der Waals surface area (Å²) in [4.78, 5) is 35.2. The minimum atomic E-state index is -0.524. The zero-order valence-corrected chi connectivity index (χ0v) is 16.2. The number of nitrogens with one attached hydrogen (secondary N) is 2. The van der Waals surface area contributed by atoms with Gasteiger partial charge in [-0.05, 0) is 47.9 Å². The van der Waals surface area contributed by atoms with E-state index in [-0.39, 0.29) is 11.6 Å². The number of hydrogen-bond acceptors (Lipinski definition) is 4. The second-order valence-electron chi connectivity index (χ2n) is 6.82. The summed E-state index contributed by atoms with van der Waals surface area (Å²) in [6, 6.07) is 25.3. The van der Waals surface area contributed by atoms with E-state index in [1.807, 2.05) is 42.5 Å². The number of fused-ring (bicyclic) bond motifs is 1. The predicted octanol–water partition coefficient (Wildman–Crippen LogP) is 5.25. The molecule has 0 atom stereocenters. The van der Waals surface area contributed by atoms with E-state index >= 15 is 0 Å². The Morgan fingerprint density at radius 1 is 0.677 bits per heavy atom. The Bertz CT molecular complexity index is 1280. The van der Waals surface area contributed by atoms with Crippen molar-refractivity contribution < 1.29 is 14.5 Å². The van der Waals surface area contributed by atoms with Crippen molar-refractivity contribution >= 4 is 39.6 Å². The molecule has 2 amide bonds. The molecular formula is C24H17N3O4. The van der Waals surface area contributed by atoms with E-state index in [4.69, 9.17) is 0 Å². The fourth-order valence-corrected chi connectivity index (χ4v) is 3.17. The van der Waals surface area contributed by atoms with Crippen molar-refractivity contribution in [1.29, 1.82) is 0 Å². The minimum absolute atomic E-state index is 0.0851. The summed E-state index contributed by atoms with van der Waals surface area (Å²) in [5.74, 6) is -0.660. The number of nitro groups is 1. The number of hydrogen-bond donors (Lipinski definition) is 2. The van der Waals surface area contributed by atoms with Crippen molar-refractivity contribution in [2.45, 2.75) is 0 Å². The highest BCUT2D eigenvalue weighted by Gasteiger charge is 2.11. The maximum atomic E-state index is 12.6. The van der Waals surface area contributed by atoms with Crippen molar-refractivity contribution in [2.75, 3.05) is 10.6 Å². The standard InChI is InChI=1S/C24H17N3O4/c28-23(18-10-14-20(15-11-18)27(30)31)25-19-12-8-17(9-13-19)24(29)26-22-7-3-5-16-4-1-2-6-21(16)22/h1-15H,(H,25,28)(H,26,29). The molecule has 0 radical (unpaired) electrons. The van der Waals surface area contributed by atoms with Crippen molar-refractivity contribution in [3.63, 3.8) is 0 Å². The van der Waals surface area contributed by atoms with E-state index in [9.17, 15) is 19.7 Å². The molecule has 0 aliphatic rings. The molecule has 0 aliphatic heterocycles. The zero-order valence-electron chi connectivity index (χ0n) is 16.2. The molecule has 0 saturated heterocycles. The molecule has 152 valence electrons. The van der Waals surface area contributed by atoms with E-state index in [1.54, 1.807) is 24.3 Å². The largest absolute Gasteiger partial charge is 0.322 e. The third-order valence-electron chi connectivity index (χ3n) is 4.78. The van der Waals surface area contributed by atoms with Crippen LogP contribution in [-0.4, -0.2) is 16.7 Å². The minimum Gasteiger partial charge on any atom is -0.322 e. The predicted molar refractivity (Wildman–Crippen MR) is 119 cm³/mol. The number of anilines is 2. The van der Waals surface area contributed by atoms with Gasteiger partial charge in [0.15, 0.2) is 0 Å². The molecule has 7 heteroatoms. The van der Waals surface area contributed by atoms with Crippen LogP contribution in [0, 0.1) is 10.1 Å². The summed E-state index contributed by atoms with van der Waals surface area (Å²) in [6.45, 7) is 0. The number of carbonyl (C=O) groups excluding carboxylic acids is 2. The summed E-state index contributed by atoms with van der Waals surface area (Å²) < 4.78 is 0. The number of amides is 2. The van der Waals surface area contributed by atoms with Crippen LogP contribution in [0.25, 0.3) is 10.8 Å². The smallest absolute Gasteiger partial charge is 0.269 e. The molecule has 0 bridgehead atoms. The highest BCUT2D eigenvalue weighted by atomic mass is 16.6. The molecule has 0 aromatic heterocycles. The maximum absolute atomic E-state index is 12.6. The molecule has 0 saturated carbocycles. The van der Waals surface area contributed by atoms with E-state index in [1.165, 1.54) is 24.3 Å². The number of nitro benzene ring substituents is 1. The Hall–Kier alpha value is -4.52.